The van der Waals surface area contributed by atoms with Crippen LogP contribution in [0.15, 0.2) is 29.6 Å². The monoisotopic (exact) mass is 587 g/mol. The number of aldehydes is 1. The molecule has 0 aliphatic carbocycles. The van der Waals surface area contributed by atoms with Crippen LogP contribution in [-0.2, 0) is 20.7 Å². The Morgan fingerprint density at radius 3 is 2.46 bits per heavy atom. The molecule has 0 aliphatic rings. The lowest BCUT2D eigenvalue weighted by molar-refractivity contribution is -0.135. The van der Waals surface area contributed by atoms with Crippen LogP contribution in [0.2, 0.25) is 0 Å². The van der Waals surface area contributed by atoms with Crippen LogP contribution in [0.4, 0.5) is 0 Å². The summed E-state index contributed by atoms with van der Waals surface area (Å²) in [6, 6.07) is 6.59. The summed E-state index contributed by atoms with van der Waals surface area (Å²) in [7, 11) is 0. The molecule has 8 nitrogen and oxygen atoms in total. The Morgan fingerprint density at radius 2 is 1.85 bits per heavy atom. The van der Waals surface area contributed by atoms with Gasteiger partial charge in [-0.1, -0.05) is 53.2 Å². The lowest BCUT2D eigenvalue weighted by Crippen LogP contribution is -2.44. The van der Waals surface area contributed by atoms with Crippen molar-refractivity contribution in [3.05, 3.63) is 45.9 Å². The van der Waals surface area contributed by atoms with Gasteiger partial charge in [0.15, 0.2) is 0 Å². The SMILES string of the molecule is CCCCC(=O)N(CCC)C(CC(OCCC)c1nc(C(=O)NC(CCC=O)Cc2ccc(O)cc2)cs1)C(C)C. The number of ether oxygens (including phenoxy) is 1. The van der Waals surface area contributed by atoms with Crippen molar-refractivity contribution in [1.82, 2.24) is 15.2 Å². The van der Waals surface area contributed by atoms with E-state index in [1.54, 1.807) is 17.5 Å². The lowest BCUT2D eigenvalue weighted by Gasteiger charge is -2.36. The minimum atomic E-state index is -0.324. The number of rotatable bonds is 20. The Balaban J connectivity index is 2.22. The highest BCUT2D eigenvalue weighted by atomic mass is 32.1. The molecule has 0 saturated heterocycles. The van der Waals surface area contributed by atoms with Crippen molar-refractivity contribution in [2.75, 3.05) is 13.2 Å². The van der Waals surface area contributed by atoms with E-state index in [1.165, 1.54) is 11.3 Å². The Kier molecular flexibility index (Phi) is 15.6. The first kappa shape index (κ1) is 34.4. The van der Waals surface area contributed by atoms with Gasteiger partial charge in [0.2, 0.25) is 5.91 Å². The third-order valence-corrected chi connectivity index (χ3v) is 8.03. The van der Waals surface area contributed by atoms with Gasteiger partial charge in [0.05, 0.1) is 0 Å². The van der Waals surface area contributed by atoms with Crippen molar-refractivity contribution in [3.63, 3.8) is 0 Å². The Morgan fingerprint density at radius 1 is 1.12 bits per heavy atom. The molecule has 2 N–H and O–H groups in total. The van der Waals surface area contributed by atoms with E-state index in [2.05, 4.69) is 39.9 Å². The number of benzene rings is 1. The van der Waals surface area contributed by atoms with Gasteiger partial charge in [-0.2, -0.15) is 0 Å². The van der Waals surface area contributed by atoms with Crippen LogP contribution in [0.5, 0.6) is 5.75 Å². The van der Waals surface area contributed by atoms with E-state index in [0.29, 0.717) is 50.9 Å². The molecule has 3 unspecified atom stereocenters. The van der Waals surface area contributed by atoms with Crippen molar-refractivity contribution in [3.8, 4) is 5.75 Å². The lowest BCUT2D eigenvalue weighted by atomic mass is 9.95. The van der Waals surface area contributed by atoms with Gasteiger partial charge < -0.3 is 24.9 Å². The summed E-state index contributed by atoms with van der Waals surface area (Å²) in [5, 5.41) is 15.1. The van der Waals surface area contributed by atoms with Crippen LogP contribution in [0, 0.1) is 5.92 Å². The molecular formula is C32H49N3O5S. The van der Waals surface area contributed by atoms with Crippen molar-refractivity contribution >= 4 is 29.4 Å². The van der Waals surface area contributed by atoms with Gasteiger partial charge in [0.1, 0.15) is 28.8 Å². The average Bonchev–Trinajstić information content (AvgIpc) is 3.45. The molecule has 2 aromatic rings. The Bertz CT molecular complexity index is 1060. The summed E-state index contributed by atoms with van der Waals surface area (Å²) in [6.45, 7) is 11.8. The standard InChI is InChI=1S/C32H49N3O5S/c1-6-9-12-30(38)35(17-7-2)28(23(4)5)21-29(40-19-8-3)32-34-27(22-41-32)31(39)33-25(11-10-18-36)20-24-13-15-26(37)16-14-24/h13-16,18,22-23,25,28-29,37H,6-12,17,19-21H2,1-5H3,(H,33,39). The minimum absolute atomic E-state index is 0.000342. The van der Waals surface area contributed by atoms with Gasteiger partial charge in [-0.25, -0.2) is 4.98 Å². The minimum Gasteiger partial charge on any atom is -0.508 e. The van der Waals surface area contributed by atoms with E-state index in [1.807, 2.05) is 17.0 Å². The van der Waals surface area contributed by atoms with Crippen molar-refractivity contribution in [2.45, 2.75) is 111 Å². The van der Waals surface area contributed by atoms with Gasteiger partial charge in [-0.3, -0.25) is 9.59 Å². The van der Waals surface area contributed by atoms with E-state index < -0.39 is 0 Å². The quantitative estimate of drug-likeness (QED) is 0.172. The second-order valence-corrected chi connectivity index (χ2v) is 11.8. The van der Waals surface area contributed by atoms with E-state index in [-0.39, 0.29) is 41.7 Å². The molecule has 1 aromatic carbocycles. The van der Waals surface area contributed by atoms with Crippen LogP contribution < -0.4 is 5.32 Å². The van der Waals surface area contributed by atoms with Gasteiger partial charge in [-0.05, 0) is 55.7 Å². The normalized spacial score (nSPS) is 13.5. The maximum Gasteiger partial charge on any atom is 0.270 e. The first-order valence-electron chi connectivity index (χ1n) is 15.1. The zero-order valence-electron chi connectivity index (χ0n) is 25.4. The fourth-order valence-electron chi connectivity index (χ4n) is 4.88. The molecule has 2 amide bonds. The number of unbranched alkanes of at least 4 members (excludes halogenated alkanes) is 1. The first-order valence-corrected chi connectivity index (χ1v) is 16.0. The summed E-state index contributed by atoms with van der Waals surface area (Å²) >= 11 is 1.40. The zero-order valence-corrected chi connectivity index (χ0v) is 26.3. The van der Waals surface area contributed by atoms with Crippen molar-refractivity contribution in [2.24, 2.45) is 5.92 Å². The summed E-state index contributed by atoms with van der Waals surface area (Å²) in [5.74, 6) is 0.316. The summed E-state index contributed by atoms with van der Waals surface area (Å²) < 4.78 is 6.28. The average molecular weight is 588 g/mol. The van der Waals surface area contributed by atoms with Crippen molar-refractivity contribution in [1.29, 1.82) is 0 Å². The largest absolute Gasteiger partial charge is 0.508 e. The van der Waals surface area contributed by atoms with Crippen LogP contribution in [0.1, 0.15) is 113 Å². The maximum atomic E-state index is 13.2. The number of carbonyl (C=O) groups excluding carboxylic acids is 3. The summed E-state index contributed by atoms with van der Waals surface area (Å²) in [6.07, 6.45) is 6.68. The second-order valence-electron chi connectivity index (χ2n) is 11.0. The molecule has 0 saturated carbocycles. The van der Waals surface area contributed by atoms with Gasteiger partial charge in [-0.15, -0.1) is 11.3 Å². The smallest absolute Gasteiger partial charge is 0.270 e. The second kappa shape index (κ2) is 18.6. The number of phenols is 1. The maximum absolute atomic E-state index is 13.2. The Labute approximate surface area is 249 Å². The van der Waals surface area contributed by atoms with Crippen molar-refractivity contribution < 1.29 is 24.2 Å². The van der Waals surface area contributed by atoms with E-state index in [9.17, 15) is 19.5 Å². The molecule has 2 rings (SSSR count). The molecule has 1 heterocycles. The number of phenolic OH excluding ortho intramolecular Hbond substituents is 1. The molecule has 41 heavy (non-hydrogen) atoms. The van der Waals surface area contributed by atoms with Crippen LogP contribution in [0.25, 0.3) is 0 Å². The molecule has 228 valence electrons. The molecule has 1 aromatic heterocycles. The van der Waals surface area contributed by atoms with Gasteiger partial charge in [0, 0.05) is 49.9 Å². The van der Waals surface area contributed by atoms with Crippen LogP contribution in [0.3, 0.4) is 0 Å². The molecule has 0 fully saturated rings. The number of aromatic nitrogens is 1. The predicted molar refractivity (Wildman–Crippen MR) is 164 cm³/mol. The third kappa shape index (κ3) is 11.6. The molecule has 0 aliphatic heterocycles. The van der Waals surface area contributed by atoms with Gasteiger partial charge in [0.25, 0.3) is 5.91 Å². The number of aromatic hydroxyl groups is 1. The number of hydrogen-bond acceptors (Lipinski definition) is 7. The summed E-state index contributed by atoms with van der Waals surface area (Å²) in [4.78, 5) is 44.2. The van der Waals surface area contributed by atoms with E-state index in [0.717, 1.165) is 42.5 Å². The fourth-order valence-corrected chi connectivity index (χ4v) is 5.74. The van der Waals surface area contributed by atoms with E-state index in [4.69, 9.17) is 9.72 Å². The number of carbonyl (C=O) groups is 3. The number of nitrogens with one attached hydrogen (secondary N) is 1. The molecule has 0 bridgehead atoms. The van der Waals surface area contributed by atoms with Gasteiger partial charge >= 0.3 is 0 Å². The predicted octanol–water partition coefficient (Wildman–Crippen LogP) is 6.48. The highest BCUT2D eigenvalue weighted by Crippen LogP contribution is 2.31. The summed E-state index contributed by atoms with van der Waals surface area (Å²) in [5.41, 5.74) is 1.28. The van der Waals surface area contributed by atoms with Crippen LogP contribution in [-0.4, -0.2) is 58.3 Å². The van der Waals surface area contributed by atoms with Crippen LogP contribution >= 0.6 is 11.3 Å². The highest BCUT2D eigenvalue weighted by Gasteiger charge is 2.31. The molecule has 9 heteroatoms. The molecular weight excluding hydrogens is 538 g/mol. The Hall–Kier alpha value is -2.78. The number of hydrogen-bond donors (Lipinski definition) is 2. The topological polar surface area (TPSA) is 109 Å². The first-order chi connectivity index (χ1) is 19.7. The highest BCUT2D eigenvalue weighted by molar-refractivity contribution is 7.09. The fraction of sp³-hybridized carbons (Fsp3) is 0.625. The molecule has 0 spiro atoms. The number of nitrogens with zero attached hydrogens (tertiary/aromatic N) is 2. The molecule has 3 atom stereocenters. The molecule has 0 radical (unpaired) electrons. The number of thiazole rings is 1. The number of amides is 2. The zero-order chi connectivity index (χ0) is 30.2. The van der Waals surface area contributed by atoms with E-state index >= 15 is 0 Å². The third-order valence-electron chi connectivity index (χ3n) is 7.09.